The van der Waals surface area contributed by atoms with Gasteiger partial charge in [0, 0.05) is 11.4 Å². The normalized spacial score (nSPS) is 11.6. The van der Waals surface area contributed by atoms with Crippen molar-refractivity contribution in [3.05, 3.63) is 53.9 Å². The molecular formula is C17H22N2O. The minimum Gasteiger partial charge on any atom is -0.508 e. The summed E-state index contributed by atoms with van der Waals surface area (Å²) in [5, 5.41) is 9.23. The van der Waals surface area contributed by atoms with Gasteiger partial charge in [-0.1, -0.05) is 13.0 Å². The molecule has 0 aliphatic heterocycles. The van der Waals surface area contributed by atoms with Gasteiger partial charge in [-0.2, -0.15) is 0 Å². The molecule has 3 nitrogen and oxygen atoms in total. The molecule has 0 aliphatic carbocycles. The third-order valence-electron chi connectivity index (χ3n) is 2.29. The van der Waals surface area contributed by atoms with Crippen LogP contribution in [0.5, 0.6) is 5.75 Å². The Bertz CT molecular complexity index is 527. The Morgan fingerprint density at radius 2 is 1.95 bits per heavy atom. The van der Waals surface area contributed by atoms with Crippen molar-refractivity contribution in [1.82, 2.24) is 0 Å². The molecule has 0 aromatic heterocycles. The average Bonchev–Trinajstić information content (AvgIpc) is 2.42. The van der Waals surface area contributed by atoms with Crippen LogP contribution in [0.2, 0.25) is 0 Å². The summed E-state index contributed by atoms with van der Waals surface area (Å²) in [6.45, 7) is 8.97. The fraction of sp³-hybridized carbons (Fsp3) is 0.235. The van der Waals surface area contributed by atoms with Crippen LogP contribution in [0.25, 0.3) is 0 Å². The zero-order chi connectivity index (χ0) is 15.5. The van der Waals surface area contributed by atoms with Crippen molar-refractivity contribution in [1.29, 1.82) is 0 Å². The number of phenolic OH excluding ortho intramolecular Hbond substituents is 1. The first-order valence-corrected chi connectivity index (χ1v) is 6.37. The van der Waals surface area contributed by atoms with Crippen molar-refractivity contribution >= 4 is 5.71 Å². The molecule has 1 rings (SSSR count). The highest BCUT2D eigenvalue weighted by atomic mass is 16.3. The van der Waals surface area contributed by atoms with Gasteiger partial charge in [-0.25, -0.2) is 4.99 Å². The molecule has 0 fully saturated rings. The summed E-state index contributed by atoms with van der Waals surface area (Å²) >= 11 is 0. The lowest BCUT2D eigenvalue weighted by Gasteiger charge is -2.05. The smallest absolute Gasteiger partial charge is 0.131 e. The Kier molecular flexibility index (Phi) is 8.29. The van der Waals surface area contributed by atoms with Crippen LogP contribution >= 0.6 is 0 Å². The molecule has 106 valence electrons. The summed E-state index contributed by atoms with van der Waals surface area (Å²) in [6.07, 6.45) is 7.83. The van der Waals surface area contributed by atoms with Gasteiger partial charge in [-0.15, -0.1) is 13.0 Å². The minimum atomic E-state index is 0.229. The number of hydrogen-bond acceptors (Lipinski definition) is 3. The third-order valence-corrected chi connectivity index (χ3v) is 2.29. The largest absolute Gasteiger partial charge is 0.508 e. The van der Waals surface area contributed by atoms with Crippen LogP contribution in [-0.4, -0.2) is 10.8 Å². The first kappa shape index (κ1) is 17.5. The summed E-state index contributed by atoms with van der Waals surface area (Å²) in [4.78, 5) is 4.37. The molecule has 0 saturated heterocycles. The molecule has 0 atom stereocenters. The van der Waals surface area contributed by atoms with Crippen LogP contribution in [0.15, 0.2) is 53.3 Å². The van der Waals surface area contributed by atoms with Gasteiger partial charge < -0.3 is 10.8 Å². The lowest BCUT2D eigenvalue weighted by molar-refractivity contribution is 0.475. The molecule has 0 heterocycles. The van der Waals surface area contributed by atoms with Gasteiger partial charge >= 0.3 is 0 Å². The van der Waals surface area contributed by atoms with Crippen LogP contribution in [0, 0.1) is 12.3 Å². The van der Waals surface area contributed by atoms with Gasteiger partial charge in [0.1, 0.15) is 11.4 Å². The molecule has 0 radical (unpaired) electrons. The molecule has 0 bridgehead atoms. The first-order valence-electron chi connectivity index (χ1n) is 6.37. The second kappa shape index (κ2) is 9.46. The van der Waals surface area contributed by atoms with Gasteiger partial charge in [-0.3, -0.25) is 0 Å². The average molecular weight is 270 g/mol. The van der Waals surface area contributed by atoms with Crippen molar-refractivity contribution in [3.8, 4) is 18.1 Å². The Morgan fingerprint density at radius 1 is 1.45 bits per heavy atom. The van der Waals surface area contributed by atoms with E-state index in [9.17, 15) is 5.11 Å². The molecule has 0 aliphatic rings. The zero-order valence-corrected chi connectivity index (χ0v) is 12.4. The van der Waals surface area contributed by atoms with Crippen molar-refractivity contribution in [2.45, 2.75) is 27.2 Å². The Hall–Kier alpha value is -2.47. The SMILES string of the molecule is C#C/C(N=C(CC)c1ccc(O)cc1)=C(/C)N.C=CC. The molecule has 1 aromatic carbocycles. The number of rotatable bonds is 3. The van der Waals surface area contributed by atoms with Gasteiger partial charge in [0.25, 0.3) is 0 Å². The van der Waals surface area contributed by atoms with E-state index in [4.69, 9.17) is 12.2 Å². The lowest BCUT2D eigenvalue weighted by atomic mass is 10.1. The van der Waals surface area contributed by atoms with E-state index in [-0.39, 0.29) is 5.75 Å². The lowest BCUT2D eigenvalue weighted by Crippen LogP contribution is -2.02. The van der Waals surface area contributed by atoms with Gasteiger partial charge in [-0.05, 0) is 56.0 Å². The number of aromatic hydroxyl groups is 1. The van der Waals surface area contributed by atoms with Crippen LogP contribution in [0.3, 0.4) is 0 Å². The number of phenols is 1. The highest BCUT2D eigenvalue weighted by Crippen LogP contribution is 2.13. The molecular weight excluding hydrogens is 248 g/mol. The van der Waals surface area contributed by atoms with E-state index in [0.29, 0.717) is 11.4 Å². The predicted octanol–water partition coefficient (Wildman–Crippen LogP) is 3.61. The quantitative estimate of drug-likeness (QED) is 0.501. The molecule has 3 N–H and O–H groups in total. The van der Waals surface area contributed by atoms with Crippen LogP contribution in [-0.2, 0) is 0 Å². The first-order chi connectivity index (χ1) is 9.49. The maximum Gasteiger partial charge on any atom is 0.131 e. The molecule has 0 amide bonds. The summed E-state index contributed by atoms with van der Waals surface area (Å²) in [5.74, 6) is 2.69. The number of aliphatic imine (C=N–C) groups is 1. The van der Waals surface area contributed by atoms with Gasteiger partial charge in [0.2, 0.25) is 0 Å². The van der Waals surface area contributed by atoms with Crippen LogP contribution in [0.1, 0.15) is 32.8 Å². The number of hydrogen-bond donors (Lipinski definition) is 2. The monoisotopic (exact) mass is 270 g/mol. The minimum absolute atomic E-state index is 0.229. The summed E-state index contributed by atoms with van der Waals surface area (Å²) in [6, 6.07) is 6.85. The Morgan fingerprint density at radius 3 is 2.30 bits per heavy atom. The van der Waals surface area contributed by atoms with Crippen LogP contribution < -0.4 is 5.73 Å². The molecule has 0 saturated carbocycles. The zero-order valence-electron chi connectivity index (χ0n) is 12.4. The number of allylic oxidation sites excluding steroid dienone is 3. The predicted molar refractivity (Wildman–Crippen MR) is 86.5 cm³/mol. The van der Waals surface area contributed by atoms with E-state index < -0.39 is 0 Å². The Labute approximate surface area is 121 Å². The van der Waals surface area contributed by atoms with E-state index in [1.165, 1.54) is 0 Å². The maximum absolute atomic E-state index is 9.23. The molecule has 1 aromatic rings. The highest BCUT2D eigenvalue weighted by molar-refractivity contribution is 6.01. The Balaban J connectivity index is 0.00000110. The van der Waals surface area contributed by atoms with Crippen molar-refractivity contribution in [2.75, 3.05) is 0 Å². The van der Waals surface area contributed by atoms with E-state index in [0.717, 1.165) is 17.7 Å². The number of benzene rings is 1. The van der Waals surface area contributed by atoms with E-state index in [2.05, 4.69) is 17.5 Å². The van der Waals surface area contributed by atoms with E-state index in [1.807, 2.05) is 13.8 Å². The molecule has 20 heavy (non-hydrogen) atoms. The maximum atomic E-state index is 9.23. The fourth-order valence-electron chi connectivity index (χ4n) is 1.37. The highest BCUT2D eigenvalue weighted by Gasteiger charge is 2.03. The summed E-state index contributed by atoms with van der Waals surface area (Å²) < 4.78 is 0. The molecule has 0 spiro atoms. The second-order valence-corrected chi connectivity index (χ2v) is 4.04. The number of nitrogens with zero attached hydrogens (tertiary/aromatic N) is 1. The second-order valence-electron chi connectivity index (χ2n) is 4.04. The van der Waals surface area contributed by atoms with Crippen molar-refractivity contribution in [2.24, 2.45) is 10.7 Å². The van der Waals surface area contributed by atoms with Crippen LogP contribution in [0.4, 0.5) is 0 Å². The standard InChI is InChI=1S/C14H16N2O.C3H6/c1-4-13(10(3)15)16-14(5-2)11-6-8-12(17)9-7-11;1-3-2/h1,6-9,17H,5,15H2,2-3H3;3H,1H2,2H3/b13-10+,16-14?;. The summed E-state index contributed by atoms with van der Waals surface area (Å²) in [7, 11) is 0. The third kappa shape index (κ3) is 5.92. The number of terminal acetylenes is 1. The topological polar surface area (TPSA) is 58.6 Å². The molecule has 0 unspecified atom stereocenters. The van der Waals surface area contributed by atoms with Gasteiger partial charge in [0.15, 0.2) is 0 Å². The molecule has 3 heteroatoms. The van der Waals surface area contributed by atoms with E-state index in [1.54, 1.807) is 37.3 Å². The summed E-state index contributed by atoms with van der Waals surface area (Å²) in [5.41, 5.74) is 8.40. The fourth-order valence-corrected chi connectivity index (χ4v) is 1.37. The van der Waals surface area contributed by atoms with E-state index >= 15 is 0 Å². The van der Waals surface area contributed by atoms with Gasteiger partial charge in [0.05, 0.1) is 0 Å². The van der Waals surface area contributed by atoms with Crippen molar-refractivity contribution in [3.63, 3.8) is 0 Å². The van der Waals surface area contributed by atoms with Crippen molar-refractivity contribution < 1.29 is 5.11 Å². The number of nitrogens with two attached hydrogens (primary N) is 1.